The largest absolute Gasteiger partial charge is 0.490 e. The number of rotatable bonds is 8. The number of carbonyl (C=O) groups is 1. The molecule has 0 saturated carbocycles. The molecule has 154 valence electrons. The van der Waals surface area contributed by atoms with Crippen LogP contribution in [0.3, 0.4) is 0 Å². The zero-order valence-electron chi connectivity index (χ0n) is 16.6. The van der Waals surface area contributed by atoms with Crippen molar-refractivity contribution in [1.29, 1.82) is 0 Å². The Morgan fingerprint density at radius 2 is 2.14 bits per heavy atom. The Morgan fingerprint density at radius 3 is 2.83 bits per heavy atom. The average Bonchev–Trinajstić information content (AvgIpc) is 3.14. The lowest BCUT2D eigenvalue weighted by Gasteiger charge is -2.33. The van der Waals surface area contributed by atoms with Crippen molar-refractivity contribution < 1.29 is 19.0 Å². The molecule has 0 amide bonds. The number of benzene rings is 1. The Kier molecular flexibility index (Phi) is 7.28. The van der Waals surface area contributed by atoms with Gasteiger partial charge in [0, 0.05) is 6.20 Å². The third-order valence-electron chi connectivity index (χ3n) is 4.31. The number of thioether (sulfide) groups is 1. The molecule has 0 radical (unpaired) electrons. The Hall–Kier alpha value is -1.94. The van der Waals surface area contributed by atoms with E-state index in [1.165, 1.54) is 11.8 Å². The number of hydrogen-bond acceptors (Lipinski definition) is 7. The summed E-state index contributed by atoms with van der Waals surface area (Å²) in [5.74, 6) is 0.950. The van der Waals surface area contributed by atoms with Gasteiger partial charge >= 0.3 is 5.97 Å². The van der Waals surface area contributed by atoms with Crippen molar-refractivity contribution in [1.82, 2.24) is 4.90 Å². The number of ether oxygens (including phenoxy) is 3. The van der Waals surface area contributed by atoms with Crippen molar-refractivity contribution in [3.05, 3.63) is 56.8 Å². The van der Waals surface area contributed by atoms with Crippen LogP contribution < -0.4 is 9.47 Å². The van der Waals surface area contributed by atoms with Gasteiger partial charge in [0.1, 0.15) is 6.61 Å². The minimum atomic E-state index is -0.358. The smallest absolute Gasteiger partial charge is 0.338 e. The van der Waals surface area contributed by atoms with Gasteiger partial charge in [0.15, 0.2) is 16.7 Å². The number of hydrogen-bond donors (Lipinski definition) is 0. The molecule has 3 rings (SSSR count). The van der Waals surface area contributed by atoms with Gasteiger partial charge in [-0.25, -0.2) is 9.79 Å². The Labute approximate surface area is 188 Å². The van der Waals surface area contributed by atoms with E-state index in [-0.39, 0.29) is 12.0 Å². The van der Waals surface area contributed by atoms with Crippen molar-refractivity contribution >= 4 is 45.5 Å². The lowest BCUT2D eigenvalue weighted by atomic mass is 9.94. The van der Waals surface area contributed by atoms with Gasteiger partial charge in [-0.3, -0.25) is 0 Å². The second-order valence-corrected chi connectivity index (χ2v) is 8.22. The van der Waals surface area contributed by atoms with E-state index in [4.69, 9.17) is 14.2 Å². The number of amidine groups is 1. The van der Waals surface area contributed by atoms with Crippen LogP contribution in [0, 0.1) is 3.57 Å². The minimum absolute atomic E-state index is 0.305. The van der Waals surface area contributed by atoms with Gasteiger partial charge in [-0.15, -0.1) is 0 Å². The fourth-order valence-electron chi connectivity index (χ4n) is 3.19. The van der Waals surface area contributed by atoms with Gasteiger partial charge in [-0.1, -0.05) is 24.4 Å². The van der Waals surface area contributed by atoms with Gasteiger partial charge in [0.05, 0.1) is 34.1 Å². The van der Waals surface area contributed by atoms with Crippen LogP contribution in [0.25, 0.3) is 0 Å². The molecular weight excluding hydrogens is 503 g/mol. The van der Waals surface area contributed by atoms with Crippen molar-refractivity contribution in [2.45, 2.75) is 26.8 Å². The summed E-state index contributed by atoms with van der Waals surface area (Å²) >= 11 is 3.76. The Morgan fingerprint density at radius 1 is 1.34 bits per heavy atom. The van der Waals surface area contributed by atoms with E-state index in [2.05, 4.69) is 34.2 Å². The van der Waals surface area contributed by atoms with E-state index in [1.54, 1.807) is 13.0 Å². The number of halogens is 1. The van der Waals surface area contributed by atoms with Crippen molar-refractivity contribution in [2.75, 3.05) is 19.8 Å². The van der Waals surface area contributed by atoms with E-state index in [0.717, 1.165) is 14.3 Å². The second-order valence-electron chi connectivity index (χ2n) is 6.19. The summed E-state index contributed by atoms with van der Waals surface area (Å²) in [5.41, 5.74) is 2.10. The highest BCUT2D eigenvalue weighted by Crippen LogP contribution is 2.44. The predicted octanol–water partition coefficient (Wildman–Crippen LogP) is 5.02. The minimum Gasteiger partial charge on any atom is -0.490 e. The number of esters is 1. The lowest BCUT2D eigenvalue weighted by Crippen LogP contribution is -2.34. The van der Waals surface area contributed by atoms with E-state index >= 15 is 0 Å². The maximum Gasteiger partial charge on any atom is 0.338 e. The highest BCUT2D eigenvalue weighted by molar-refractivity contribution is 14.1. The fourth-order valence-corrected chi connectivity index (χ4v) is 4.76. The Balaban J connectivity index is 2.12. The summed E-state index contributed by atoms with van der Waals surface area (Å²) in [6.45, 7) is 10.5. The molecule has 0 fully saturated rings. The molecule has 0 unspecified atom stereocenters. The number of nitrogens with zero attached hydrogens (tertiary/aromatic N) is 2. The van der Waals surface area contributed by atoms with Crippen LogP contribution in [0.15, 0.2) is 52.7 Å². The molecule has 2 aliphatic rings. The number of allylic oxidation sites excluding steroid dienone is 1. The first-order valence-corrected chi connectivity index (χ1v) is 11.3. The van der Waals surface area contributed by atoms with E-state index < -0.39 is 0 Å². The molecule has 8 heteroatoms. The topological polar surface area (TPSA) is 60.4 Å². The second kappa shape index (κ2) is 9.71. The molecule has 0 bridgehead atoms. The molecule has 29 heavy (non-hydrogen) atoms. The van der Waals surface area contributed by atoms with E-state index in [1.807, 2.05) is 42.5 Å². The van der Waals surface area contributed by atoms with E-state index in [9.17, 15) is 4.79 Å². The van der Waals surface area contributed by atoms with Crippen molar-refractivity contribution in [3.8, 4) is 11.5 Å². The van der Waals surface area contributed by atoms with Gasteiger partial charge in [-0.2, -0.15) is 0 Å². The van der Waals surface area contributed by atoms with Crippen LogP contribution in [0.5, 0.6) is 11.5 Å². The first-order valence-electron chi connectivity index (χ1n) is 9.29. The van der Waals surface area contributed by atoms with Crippen molar-refractivity contribution in [2.24, 2.45) is 4.99 Å². The summed E-state index contributed by atoms with van der Waals surface area (Å²) in [6, 6.07) is 3.59. The molecule has 1 aromatic rings. The summed E-state index contributed by atoms with van der Waals surface area (Å²) < 4.78 is 17.9. The molecule has 0 aliphatic carbocycles. The molecule has 0 saturated heterocycles. The fraction of sp³-hybridized carbons (Fsp3) is 0.333. The molecule has 0 N–H and O–H groups in total. The number of carbonyl (C=O) groups excluding carboxylic acids is 1. The maximum atomic E-state index is 12.8. The van der Waals surface area contributed by atoms with Gasteiger partial charge in [-0.05, 0) is 66.5 Å². The molecule has 2 aliphatic heterocycles. The summed E-state index contributed by atoms with van der Waals surface area (Å²) in [4.78, 5) is 19.4. The highest BCUT2D eigenvalue weighted by atomic mass is 127. The zero-order valence-corrected chi connectivity index (χ0v) is 19.6. The van der Waals surface area contributed by atoms with Gasteiger partial charge in [0.2, 0.25) is 0 Å². The summed E-state index contributed by atoms with van der Waals surface area (Å²) in [7, 11) is 0. The molecular formula is C21H23IN2O4S. The van der Waals surface area contributed by atoms with Gasteiger partial charge in [0.25, 0.3) is 0 Å². The summed E-state index contributed by atoms with van der Waals surface area (Å²) in [6.07, 6.45) is 3.63. The monoisotopic (exact) mass is 526 g/mol. The predicted molar refractivity (Wildman–Crippen MR) is 124 cm³/mol. The van der Waals surface area contributed by atoms with Crippen molar-refractivity contribution in [3.63, 3.8) is 0 Å². The normalized spacial score (nSPS) is 17.7. The molecule has 6 nitrogen and oxygen atoms in total. The quantitative estimate of drug-likeness (QED) is 0.269. The van der Waals surface area contributed by atoms with Crippen LogP contribution in [-0.2, 0) is 9.53 Å². The summed E-state index contributed by atoms with van der Waals surface area (Å²) in [5, 5.41) is 2.80. The highest BCUT2D eigenvalue weighted by Gasteiger charge is 2.38. The van der Waals surface area contributed by atoms with Crippen LogP contribution in [-0.4, -0.2) is 35.9 Å². The molecule has 2 heterocycles. The molecule has 0 aromatic heterocycles. The average molecular weight is 526 g/mol. The Bertz CT molecular complexity index is 910. The lowest BCUT2D eigenvalue weighted by molar-refractivity contribution is -0.139. The van der Waals surface area contributed by atoms with Crippen LogP contribution in [0.2, 0.25) is 0 Å². The standard InChI is InChI=1S/C21H23IN2O4S/c1-5-9-28-19-15(22)11-14(12-16(19)26-6-2)18-17(20(25)27-7-3)13(4)23-21-24(18)8-10-29-21/h5,8,10-12,18H,1,6-7,9H2,2-4H3/t18-/m0/s1. The SMILES string of the molecule is C=CCOc1c(I)cc([C@H]2C(C(=O)OCC)=C(C)N=C3SC=CN32)cc1OCC. The number of aliphatic imine (C=N–C) groups is 1. The maximum absolute atomic E-state index is 12.8. The molecule has 1 aromatic carbocycles. The van der Waals surface area contributed by atoms with Gasteiger partial charge < -0.3 is 19.1 Å². The van der Waals surface area contributed by atoms with Crippen LogP contribution >= 0.6 is 34.4 Å². The van der Waals surface area contributed by atoms with E-state index in [0.29, 0.717) is 42.6 Å². The van der Waals surface area contributed by atoms with Crippen LogP contribution in [0.1, 0.15) is 32.4 Å². The zero-order chi connectivity index (χ0) is 21.0. The number of fused-ring (bicyclic) bond motifs is 1. The molecule has 1 atom stereocenters. The third kappa shape index (κ3) is 4.48. The van der Waals surface area contributed by atoms with Crippen LogP contribution in [0.4, 0.5) is 0 Å². The first-order chi connectivity index (χ1) is 14.0. The third-order valence-corrected chi connectivity index (χ3v) is 5.88. The molecule has 0 spiro atoms. The first kappa shape index (κ1) is 21.8.